The molecule has 0 bridgehead atoms. The van der Waals surface area contributed by atoms with Crippen LogP contribution in [0.25, 0.3) is 10.2 Å². The van der Waals surface area contributed by atoms with Gasteiger partial charge in [0.15, 0.2) is 11.0 Å². The van der Waals surface area contributed by atoms with Crippen molar-refractivity contribution < 1.29 is 9.32 Å². The maximum Gasteiger partial charge on any atom is 0.321 e. The average Bonchev–Trinajstić information content (AvgIpc) is 3.12. The third-order valence-electron chi connectivity index (χ3n) is 3.31. The van der Waals surface area contributed by atoms with Crippen LogP contribution in [0, 0.1) is 0 Å². The van der Waals surface area contributed by atoms with Gasteiger partial charge in [-0.15, -0.1) is 0 Å². The lowest BCUT2D eigenvalue weighted by Gasteiger charge is -2.10. The van der Waals surface area contributed by atoms with Crippen LogP contribution in [0.3, 0.4) is 0 Å². The first-order valence-electron chi connectivity index (χ1n) is 7.75. The summed E-state index contributed by atoms with van der Waals surface area (Å²) in [5.41, 5.74) is 0.669. The zero-order valence-corrected chi connectivity index (χ0v) is 16.5. The molecule has 3 aromatic rings. The number of hydrogen-bond donors (Lipinski definition) is 2. The van der Waals surface area contributed by atoms with Gasteiger partial charge in [-0.2, -0.15) is 4.98 Å². The number of benzene rings is 1. The number of fused-ring (bicyclic) bond motifs is 1. The SMILES string of the molecule is CC(C)(C)c1nc(CCNC(=O)Nc2nc3ccc(Br)cc3s2)no1. The highest BCUT2D eigenvalue weighted by Crippen LogP contribution is 2.28. The van der Waals surface area contributed by atoms with Crippen molar-refractivity contribution in [1.82, 2.24) is 20.4 Å². The first-order valence-corrected chi connectivity index (χ1v) is 9.36. The number of carbonyl (C=O) groups excluding carboxylic acids is 1. The van der Waals surface area contributed by atoms with Crippen molar-refractivity contribution in [3.8, 4) is 0 Å². The molecule has 0 radical (unpaired) electrons. The summed E-state index contributed by atoms with van der Waals surface area (Å²) >= 11 is 4.85. The van der Waals surface area contributed by atoms with E-state index in [0.29, 0.717) is 29.8 Å². The summed E-state index contributed by atoms with van der Waals surface area (Å²) in [7, 11) is 0. The van der Waals surface area contributed by atoms with Gasteiger partial charge in [0.2, 0.25) is 5.89 Å². The summed E-state index contributed by atoms with van der Waals surface area (Å²) in [6, 6.07) is 5.49. The molecule has 3 rings (SSSR count). The number of halogens is 1. The van der Waals surface area contributed by atoms with Crippen LogP contribution in [0.5, 0.6) is 0 Å². The first-order chi connectivity index (χ1) is 11.8. The van der Waals surface area contributed by atoms with E-state index in [9.17, 15) is 4.79 Å². The van der Waals surface area contributed by atoms with E-state index in [0.717, 1.165) is 14.7 Å². The number of rotatable bonds is 4. The van der Waals surface area contributed by atoms with Crippen molar-refractivity contribution >= 4 is 48.6 Å². The van der Waals surface area contributed by atoms with Gasteiger partial charge in [0.1, 0.15) is 0 Å². The van der Waals surface area contributed by atoms with Gasteiger partial charge in [0, 0.05) is 22.9 Å². The number of nitrogens with one attached hydrogen (secondary N) is 2. The number of nitrogens with zero attached hydrogens (tertiary/aromatic N) is 3. The second kappa shape index (κ2) is 7.09. The van der Waals surface area contributed by atoms with Crippen LogP contribution < -0.4 is 10.6 Å². The molecule has 0 unspecified atom stereocenters. The summed E-state index contributed by atoms with van der Waals surface area (Å²) < 4.78 is 7.21. The minimum absolute atomic E-state index is 0.183. The molecular weight excluding hydrogens is 406 g/mol. The van der Waals surface area contributed by atoms with Crippen LogP contribution in [-0.4, -0.2) is 27.7 Å². The highest BCUT2D eigenvalue weighted by atomic mass is 79.9. The van der Waals surface area contributed by atoms with E-state index in [1.807, 2.05) is 39.0 Å². The maximum absolute atomic E-state index is 12.0. The number of thiazole rings is 1. The molecule has 25 heavy (non-hydrogen) atoms. The lowest BCUT2D eigenvalue weighted by Crippen LogP contribution is -2.30. The zero-order valence-electron chi connectivity index (χ0n) is 14.1. The van der Waals surface area contributed by atoms with Gasteiger partial charge >= 0.3 is 6.03 Å². The van der Waals surface area contributed by atoms with Crippen molar-refractivity contribution in [3.63, 3.8) is 0 Å². The quantitative estimate of drug-likeness (QED) is 0.658. The molecule has 2 N–H and O–H groups in total. The van der Waals surface area contributed by atoms with Crippen molar-refractivity contribution in [3.05, 3.63) is 34.4 Å². The van der Waals surface area contributed by atoms with Gasteiger partial charge in [-0.1, -0.05) is 53.2 Å². The molecule has 0 saturated carbocycles. The number of urea groups is 1. The Kier molecular flexibility index (Phi) is 5.05. The minimum Gasteiger partial charge on any atom is -0.339 e. The van der Waals surface area contributed by atoms with Gasteiger partial charge in [0.05, 0.1) is 10.2 Å². The summed E-state index contributed by atoms with van der Waals surface area (Å²) in [4.78, 5) is 20.7. The third-order valence-corrected chi connectivity index (χ3v) is 4.74. The maximum atomic E-state index is 12.0. The van der Waals surface area contributed by atoms with Crippen molar-refractivity contribution in [2.24, 2.45) is 0 Å². The minimum atomic E-state index is -0.308. The predicted molar refractivity (Wildman–Crippen MR) is 101 cm³/mol. The second-order valence-corrected chi connectivity index (χ2v) is 8.47. The molecule has 132 valence electrons. The fraction of sp³-hybridized carbons (Fsp3) is 0.375. The van der Waals surface area contributed by atoms with E-state index < -0.39 is 0 Å². The second-order valence-electron chi connectivity index (χ2n) is 6.53. The first kappa shape index (κ1) is 17.8. The smallest absolute Gasteiger partial charge is 0.321 e. The molecule has 2 amide bonds. The van der Waals surface area contributed by atoms with Gasteiger partial charge in [0.25, 0.3) is 0 Å². The molecule has 2 aromatic heterocycles. The number of carbonyl (C=O) groups is 1. The lowest BCUT2D eigenvalue weighted by molar-refractivity contribution is 0.252. The highest BCUT2D eigenvalue weighted by molar-refractivity contribution is 9.10. The van der Waals surface area contributed by atoms with Gasteiger partial charge in [-0.25, -0.2) is 9.78 Å². The fourth-order valence-electron chi connectivity index (χ4n) is 2.04. The van der Waals surface area contributed by atoms with Crippen LogP contribution in [0.15, 0.2) is 27.2 Å². The Labute approximate surface area is 157 Å². The van der Waals surface area contributed by atoms with E-state index in [4.69, 9.17) is 4.52 Å². The van der Waals surface area contributed by atoms with E-state index in [1.54, 1.807) is 0 Å². The predicted octanol–water partition coefficient (Wildman–Crippen LogP) is 4.10. The third kappa shape index (κ3) is 4.55. The number of amides is 2. The molecule has 0 fully saturated rings. The highest BCUT2D eigenvalue weighted by Gasteiger charge is 2.21. The summed E-state index contributed by atoms with van der Waals surface area (Å²) in [6.07, 6.45) is 0.500. The van der Waals surface area contributed by atoms with Gasteiger partial charge in [-0.05, 0) is 18.2 Å². The van der Waals surface area contributed by atoms with Crippen LogP contribution >= 0.6 is 27.3 Å². The van der Waals surface area contributed by atoms with Crippen molar-refractivity contribution in [2.75, 3.05) is 11.9 Å². The molecule has 0 aliphatic rings. The van der Waals surface area contributed by atoms with Crippen LogP contribution in [0.2, 0.25) is 0 Å². The molecule has 0 spiro atoms. The topological polar surface area (TPSA) is 92.9 Å². The zero-order chi connectivity index (χ0) is 18.0. The Morgan fingerprint density at radius 2 is 2.12 bits per heavy atom. The summed E-state index contributed by atoms with van der Waals surface area (Å²) in [5.74, 6) is 1.17. The number of hydrogen-bond acceptors (Lipinski definition) is 6. The van der Waals surface area contributed by atoms with Crippen LogP contribution in [-0.2, 0) is 11.8 Å². The molecule has 0 saturated heterocycles. The Morgan fingerprint density at radius 3 is 2.84 bits per heavy atom. The number of anilines is 1. The van der Waals surface area contributed by atoms with E-state index in [-0.39, 0.29) is 11.4 Å². The average molecular weight is 424 g/mol. The Balaban J connectivity index is 1.51. The molecule has 0 aliphatic heterocycles. The van der Waals surface area contributed by atoms with E-state index in [1.165, 1.54) is 11.3 Å². The molecule has 7 nitrogen and oxygen atoms in total. The Hall–Kier alpha value is -2.00. The van der Waals surface area contributed by atoms with Gasteiger partial charge in [-0.3, -0.25) is 5.32 Å². The molecule has 2 heterocycles. The summed E-state index contributed by atoms with van der Waals surface area (Å²) in [5, 5.41) is 10.00. The Bertz CT molecular complexity index is 899. The Morgan fingerprint density at radius 1 is 1.32 bits per heavy atom. The molecule has 9 heteroatoms. The molecular formula is C16H18BrN5O2S. The summed E-state index contributed by atoms with van der Waals surface area (Å²) in [6.45, 7) is 6.43. The lowest BCUT2D eigenvalue weighted by atomic mass is 9.97. The molecule has 1 aromatic carbocycles. The van der Waals surface area contributed by atoms with E-state index >= 15 is 0 Å². The van der Waals surface area contributed by atoms with Crippen molar-refractivity contribution in [1.29, 1.82) is 0 Å². The molecule has 0 atom stereocenters. The fourth-order valence-corrected chi connectivity index (χ4v) is 3.45. The van der Waals surface area contributed by atoms with Gasteiger partial charge < -0.3 is 9.84 Å². The molecule has 0 aliphatic carbocycles. The monoisotopic (exact) mass is 423 g/mol. The van der Waals surface area contributed by atoms with Crippen LogP contribution in [0.4, 0.5) is 9.93 Å². The standard InChI is InChI=1S/C16H18BrN5O2S/c1-16(2,3)13-20-12(22-24-13)6-7-18-14(23)21-15-19-10-5-4-9(17)8-11(10)25-15/h4-5,8H,6-7H2,1-3H3,(H2,18,19,21,23). The van der Waals surface area contributed by atoms with Crippen LogP contribution in [0.1, 0.15) is 32.5 Å². The largest absolute Gasteiger partial charge is 0.339 e. The normalized spacial score (nSPS) is 11.7. The van der Waals surface area contributed by atoms with E-state index in [2.05, 4.69) is 41.7 Å². The van der Waals surface area contributed by atoms with Crippen molar-refractivity contribution in [2.45, 2.75) is 32.6 Å². The number of aromatic nitrogens is 3.